The molecule has 2 aliphatic rings. The summed E-state index contributed by atoms with van der Waals surface area (Å²) in [5.74, 6) is 1.08. The molecule has 1 aromatic heterocycles. The lowest BCUT2D eigenvalue weighted by Crippen LogP contribution is -2.37. The van der Waals surface area contributed by atoms with Gasteiger partial charge in [-0.05, 0) is 53.9 Å². The highest BCUT2D eigenvalue weighted by atomic mass is 32.1. The number of fused-ring (bicyclic) bond motifs is 2. The zero-order valence-electron chi connectivity index (χ0n) is 13.4. The number of carbonyl (C=O) groups is 1. The number of Topliss-reactive ketones (excluding diaryl/α,β-unsaturated/α-hetero) is 1. The minimum absolute atomic E-state index is 0.257. The minimum Gasteiger partial charge on any atom is -0.378 e. The Kier molecular flexibility index (Phi) is 4.00. The first kappa shape index (κ1) is 15.2. The topological polar surface area (TPSA) is 26.3 Å². The van der Waals surface area contributed by atoms with Crippen LogP contribution in [0.1, 0.15) is 62.5 Å². The Balaban J connectivity index is 1.46. The van der Waals surface area contributed by atoms with Crippen molar-refractivity contribution in [1.29, 1.82) is 0 Å². The van der Waals surface area contributed by atoms with Gasteiger partial charge in [-0.15, -0.1) is 11.3 Å². The molecule has 2 aliphatic carbocycles. The third-order valence-electron chi connectivity index (χ3n) is 6.38. The average Bonchev–Trinajstić information content (AvgIpc) is 3.09. The summed E-state index contributed by atoms with van der Waals surface area (Å²) in [6, 6.07) is 3.85. The van der Waals surface area contributed by atoms with Crippen molar-refractivity contribution in [3.8, 4) is 0 Å². The molecule has 3 heteroatoms. The Morgan fingerprint density at radius 2 is 2.24 bits per heavy atom. The van der Waals surface area contributed by atoms with Crippen LogP contribution in [0.2, 0.25) is 0 Å². The average molecular weight is 306 g/mol. The van der Waals surface area contributed by atoms with E-state index in [1.807, 2.05) is 17.5 Å². The summed E-state index contributed by atoms with van der Waals surface area (Å²) in [7, 11) is 0. The maximum atomic E-state index is 12.0. The van der Waals surface area contributed by atoms with Gasteiger partial charge in [0, 0.05) is 13.0 Å². The normalized spacial score (nSPS) is 33.5. The summed E-state index contributed by atoms with van der Waals surface area (Å²) in [4.78, 5) is 12.8. The number of hydrogen-bond acceptors (Lipinski definition) is 3. The molecule has 1 aromatic rings. The van der Waals surface area contributed by atoms with Crippen molar-refractivity contribution in [2.24, 2.45) is 16.7 Å². The van der Waals surface area contributed by atoms with E-state index < -0.39 is 0 Å². The van der Waals surface area contributed by atoms with E-state index in [2.05, 4.69) is 20.8 Å². The molecular formula is C18H26O2S. The molecule has 21 heavy (non-hydrogen) atoms. The molecule has 0 amide bonds. The van der Waals surface area contributed by atoms with E-state index in [0.29, 0.717) is 23.4 Å². The largest absolute Gasteiger partial charge is 0.378 e. The lowest BCUT2D eigenvalue weighted by molar-refractivity contribution is -0.0470. The maximum Gasteiger partial charge on any atom is 0.172 e. The first-order valence-electron chi connectivity index (χ1n) is 8.13. The fourth-order valence-electron chi connectivity index (χ4n) is 4.40. The van der Waals surface area contributed by atoms with Crippen LogP contribution in [0.3, 0.4) is 0 Å². The highest BCUT2D eigenvalue weighted by Crippen LogP contribution is 2.66. The van der Waals surface area contributed by atoms with Crippen molar-refractivity contribution >= 4 is 17.1 Å². The van der Waals surface area contributed by atoms with Crippen LogP contribution in [-0.2, 0) is 4.74 Å². The highest BCUT2D eigenvalue weighted by molar-refractivity contribution is 7.12. The molecule has 1 heterocycles. The summed E-state index contributed by atoms with van der Waals surface area (Å²) < 4.78 is 6.19. The predicted octanol–water partition coefficient (Wildman–Crippen LogP) is 4.94. The van der Waals surface area contributed by atoms with E-state index in [-0.39, 0.29) is 5.78 Å². The Hall–Kier alpha value is -0.670. The molecule has 0 aliphatic heterocycles. The third kappa shape index (κ3) is 2.49. The third-order valence-corrected chi connectivity index (χ3v) is 7.29. The fraction of sp³-hybridized carbons (Fsp3) is 0.722. The Labute approximate surface area is 131 Å². The second kappa shape index (κ2) is 5.51. The summed E-state index contributed by atoms with van der Waals surface area (Å²) in [5, 5.41) is 1.96. The van der Waals surface area contributed by atoms with Gasteiger partial charge in [0.05, 0.1) is 11.0 Å². The van der Waals surface area contributed by atoms with Crippen molar-refractivity contribution in [3.05, 3.63) is 22.4 Å². The first-order chi connectivity index (χ1) is 9.95. The zero-order valence-corrected chi connectivity index (χ0v) is 14.2. The van der Waals surface area contributed by atoms with Gasteiger partial charge in [-0.3, -0.25) is 4.79 Å². The van der Waals surface area contributed by atoms with Gasteiger partial charge in [0.15, 0.2) is 5.78 Å². The summed E-state index contributed by atoms with van der Waals surface area (Å²) in [6.45, 7) is 7.95. The molecule has 0 radical (unpaired) electrons. The predicted molar refractivity (Wildman–Crippen MR) is 86.9 cm³/mol. The van der Waals surface area contributed by atoms with Crippen molar-refractivity contribution in [2.45, 2.75) is 59.0 Å². The molecular weight excluding hydrogens is 280 g/mol. The van der Waals surface area contributed by atoms with Crippen molar-refractivity contribution in [2.75, 3.05) is 6.61 Å². The first-order valence-corrected chi connectivity index (χ1v) is 9.01. The smallest absolute Gasteiger partial charge is 0.172 e. The van der Waals surface area contributed by atoms with E-state index in [1.165, 1.54) is 30.6 Å². The summed E-state index contributed by atoms with van der Waals surface area (Å²) in [5.41, 5.74) is 0.736. The van der Waals surface area contributed by atoms with Crippen LogP contribution in [-0.4, -0.2) is 18.5 Å². The quantitative estimate of drug-likeness (QED) is 0.549. The molecule has 3 atom stereocenters. The van der Waals surface area contributed by atoms with E-state index in [9.17, 15) is 4.79 Å². The van der Waals surface area contributed by atoms with Gasteiger partial charge in [-0.2, -0.15) is 0 Å². The fourth-order valence-corrected chi connectivity index (χ4v) is 5.10. The van der Waals surface area contributed by atoms with E-state index in [0.717, 1.165) is 23.8 Å². The van der Waals surface area contributed by atoms with Gasteiger partial charge in [-0.1, -0.05) is 26.8 Å². The maximum absolute atomic E-state index is 12.0. The van der Waals surface area contributed by atoms with Gasteiger partial charge in [0.2, 0.25) is 0 Å². The van der Waals surface area contributed by atoms with Gasteiger partial charge >= 0.3 is 0 Å². The molecule has 3 rings (SSSR count). The molecule has 2 saturated carbocycles. The van der Waals surface area contributed by atoms with Crippen molar-refractivity contribution < 1.29 is 9.53 Å². The van der Waals surface area contributed by atoms with Crippen molar-refractivity contribution in [1.82, 2.24) is 0 Å². The van der Waals surface area contributed by atoms with Crippen LogP contribution in [0.25, 0.3) is 0 Å². The Morgan fingerprint density at radius 1 is 1.43 bits per heavy atom. The molecule has 2 nitrogen and oxygen atoms in total. The van der Waals surface area contributed by atoms with E-state index in [1.54, 1.807) is 0 Å². The molecule has 116 valence electrons. The van der Waals surface area contributed by atoms with E-state index >= 15 is 0 Å². The summed E-state index contributed by atoms with van der Waals surface area (Å²) >= 11 is 1.53. The van der Waals surface area contributed by atoms with Crippen LogP contribution in [0.5, 0.6) is 0 Å². The molecule has 3 unspecified atom stereocenters. The monoisotopic (exact) mass is 306 g/mol. The van der Waals surface area contributed by atoms with Gasteiger partial charge in [0.1, 0.15) is 0 Å². The molecule has 0 spiro atoms. The standard InChI is InChI=1S/C18H26O2S/c1-17(2)13-8-9-18(17,3)16(12-13)20-10-4-6-14(19)15-7-5-11-21-15/h5,7,11,13,16H,4,6,8-10,12H2,1-3H3. The number of carbonyl (C=O) groups excluding carboxylic acids is 1. The number of ether oxygens (including phenoxy) is 1. The zero-order chi connectivity index (χ0) is 15.1. The number of ketones is 1. The number of thiophene rings is 1. The van der Waals surface area contributed by atoms with Gasteiger partial charge < -0.3 is 4.74 Å². The highest BCUT2D eigenvalue weighted by Gasteiger charge is 2.61. The molecule has 0 saturated heterocycles. The minimum atomic E-state index is 0.257. The number of hydrogen-bond donors (Lipinski definition) is 0. The second-order valence-electron chi connectivity index (χ2n) is 7.47. The van der Waals surface area contributed by atoms with Crippen LogP contribution >= 0.6 is 11.3 Å². The van der Waals surface area contributed by atoms with Crippen molar-refractivity contribution in [3.63, 3.8) is 0 Å². The van der Waals surface area contributed by atoms with Gasteiger partial charge in [-0.25, -0.2) is 0 Å². The molecule has 0 aromatic carbocycles. The molecule has 0 N–H and O–H groups in total. The van der Waals surface area contributed by atoms with Crippen LogP contribution in [0.4, 0.5) is 0 Å². The van der Waals surface area contributed by atoms with Crippen LogP contribution in [0.15, 0.2) is 17.5 Å². The molecule has 2 fully saturated rings. The lowest BCUT2D eigenvalue weighted by Gasteiger charge is -2.38. The second-order valence-corrected chi connectivity index (χ2v) is 8.42. The lowest BCUT2D eigenvalue weighted by atomic mass is 9.70. The Morgan fingerprint density at radius 3 is 2.81 bits per heavy atom. The molecule has 2 bridgehead atoms. The SMILES string of the molecule is CC1(C)C2CCC1(C)C(OCCCC(=O)c1cccs1)C2. The van der Waals surface area contributed by atoms with Crippen LogP contribution < -0.4 is 0 Å². The van der Waals surface area contributed by atoms with E-state index in [4.69, 9.17) is 4.74 Å². The Bertz CT molecular complexity index is 505. The number of rotatable bonds is 6. The van der Waals surface area contributed by atoms with Crippen LogP contribution in [0, 0.1) is 16.7 Å². The van der Waals surface area contributed by atoms with Gasteiger partial charge in [0.25, 0.3) is 0 Å². The summed E-state index contributed by atoms with van der Waals surface area (Å²) in [6.07, 6.45) is 5.71.